The van der Waals surface area contributed by atoms with Gasteiger partial charge in [-0.25, -0.2) is 14.5 Å². The molecule has 0 spiro atoms. The minimum absolute atomic E-state index is 0.269. The predicted octanol–water partition coefficient (Wildman–Crippen LogP) is -0.747. The summed E-state index contributed by atoms with van der Waals surface area (Å²) < 4.78 is 9.50. The number of carbonyl (C=O) groups is 2. The molecule has 1 aliphatic heterocycles. The molecule has 0 atom stereocenters. The van der Waals surface area contributed by atoms with Gasteiger partial charge >= 0.3 is 19.1 Å². The van der Waals surface area contributed by atoms with E-state index in [1.807, 2.05) is 0 Å². The molecule has 104 valence electrons. The highest BCUT2D eigenvalue weighted by atomic mass is 16.5. The number of amides is 1. The second-order valence-corrected chi connectivity index (χ2v) is 3.91. The summed E-state index contributed by atoms with van der Waals surface area (Å²) in [6.45, 7) is -0.496. The number of rotatable bonds is 3. The summed E-state index contributed by atoms with van der Waals surface area (Å²) in [6.07, 6.45) is 0.580. The van der Waals surface area contributed by atoms with E-state index in [1.54, 1.807) is 12.1 Å². The van der Waals surface area contributed by atoms with Crippen molar-refractivity contribution in [1.82, 2.24) is 4.92 Å². The molecule has 8 nitrogen and oxygen atoms in total. The van der Waals surface area contributed by atoms with Gasteiger partial charge in [-0.05, 0) is 23.2 Å². The van der Waals surface area contributed by atoms with E-state index in [-0.39, 0.29) is 5.75 Å². The van der Waals surface area contributed by atoms with Crippen molar-refractivity contribution >= 4 is 30.8 Å². The zero-order chi connectivity index (χ0) is 14.7. The molecular weight excluding hydrogens is 267 g/mol. The topological polar surface area (TPSA) is 109 Å². The lowest BCUT2D eigenvalue weighted by molar-refractivity contribution is -0.139. The predicted molar refractivity (Wildman–Crippen MR) is 69.0 cm³/mol. The van der Waals surface area contributed by atoms with Crippen molar-refractivity contribution in [3.63, 3.8) is 0 Å². The van der Waals surface area contributed by atoms with Crippen molar-refractivity contribution < 1.29 is 29.2 Å². The van der Waals surface area contributed by atoms with Gasteiger partial charge in [-0.2, -0.15) is 5.10 Å². The molecule has 20 heavy (non-hydrogen) atoms. The molecule has 2 N–H and O–H groups in total. The first-order chi connectivity index (χ1) is 9.52. The van der Waals surface area contributed by atoms with Gasteiger partial charge in [0.05, 0.1) is 13.3 Å². The Morgan fingerprint density at radius 3 is 2.85 bits per heavy atom. The van der Waals surface area contributed by atoms with Gasteiger partial charge in [-0.3, -0.25) is 0 Å². The second-order valence-electron chi connectivity index (χ2n) is 3.91. The van der Waals surface area contributed by atoms with E-state index >= 15 is 0 Å². The number of ether oxygens (including phenoxy) is 2. The summed E-state index contributed by atoms with van der Waals surface area (Å²) in [7, 11) is -0.150. The maximum absolute atomic E-state index is 11.4. The van der Waals surface area contributed by atoms with Gasteiger partial charge in [0.25, 0.3) is 0 Å². The minimum Gasteiger partial charge on any atom is -0.482 e. The lowest BCUT2D eigenvalue weighted by atomic mass is 9.70. The average Bonchev–Trinajstić information content (AvgIpc) is 2.45. The van der Waals surface area contributed by atoms with Crippen LogP contribution in [-0.4, -0.2) is 54.1 Å². The molecular formula is C11H11BN2O6. The van der Waals surface area contributed by atoms with Crippen LogP contribution in [0.25, 0.3) is 0 Å². The third-order valence-electron chi connectivity index (χ3n) is 2.61. The van der Waals surface area contributed by atoms with E-state index in [0.29, 0.717) is 11.0 Å². The van der Waals surface area contributed by atoms with Crippen LogP contribution < -0.4 is 10.2 Å². The van der Waals surface area contributed by atoms with Crippen LogP contribution in [0.15, 0.2) is 23.3 Å². The summed E-state index contributed by atoms with van der Waals surface area (Å²) >= 11 is 0. The number of fused-ring (bicyclic) bond motifs is 1. The van der Waals surface area contributed by atoms with Crippen LogP contribution in [0.2, 0.25) is 0 Å². The quantitative estimate of drug-likeness (QED) is 0.704. The molecule has 1 aliphatic rings. The van der Waals surface area contributed by atoms with Crippen molar-refractivity contribution in [1.29, 1.82) is 0 Å². The van der Waals surface area contributed by atoms with Gasteiger partial charge < -0.3 is 19.6 Å². The number of hydrazone groups is 1. The molecule has 0 aliphatic carbocycles. The highest BCUT2D eigenvalue weighted by Crippen LogP contribution is 2.14. The first kappa shape index (κ1) is 13.9. The van der Waals surface area contributed by atoms with Crippen LogP contribution in [0.4, 0.5) is 4.79 Å². The number of carbonyl (C=O) groups excluding carboxylic acids is 1. The Morgan fingerprint density at radius 1 is 1.45 bits per heavy atom. The summed E-state index contributed by atoms with van der Waals surface area (Å²) in [5.41, 5.74) is 0.966. The fourth-order valence-electron chi connectivity index (χ4n) is 1.69. The van der Waals surface area contributed by atoms with E-state index in [0.717, 1.165) is 4.92 Å². The normalized spacial score (nSPS) is 12.9. The molecule has 0 radical (unpaired) electrons. The molecule has 0 aromatic heterocycles. The molecule has 1 heterocycles. The fraction of sp³-hybridized carbons (Fsp3) is 0.182. The van der Waals surface area contributed by atoms with Crippen molar-refractivity contribution in [2.24, 2.45) is 5.10 Å². The zero-order valence-corrected chi connectivity index (χ0v) is 10.5. The van der Waals surface area contributed by atoms with Gasteiger partial charge in [-0.15, -0.1) is 0 Å². The SMILES string of the molecule is COC(=O)N1N=Cc2ccc(OCC(=O)O)cc2B1O. The Labute approximate surface area is 114 Å². The van der Waals surface area contributed by atoms with Crippen molar-refractivity contribution in [2.75, 3.05) is 13.7 Å². The third-order valence-corrected chi connectivity index (χ3v) is 2.61. The molecule has 0 saturated heterocycles. The van der Waals surface area contributed by atoms with Crippen molar-refractivity contribution in [3.8, 4) is 5.75 Å². The Balaban J connectivity index is 2.25. The Bertz CT molecular complexity index is 576. The number of aliphatic carboxylic acids is 1. The summed E-state index contributed by atoms with van der Waals surface area (Å²) in [5, 5.41) is 22.4. The van der Waals surface area contributed by atoms with E-state index in [2.05, 4.69) is 9.84 Å². The summed E-state index contributed by atoms with van der Waals surface area (Å²) in [5.74, 6) is -0.841. The third kappa shape index (κ3) is 2.72. The van der Waals surface area contributed by atoms with E-state index in [9.17, 15) is 14.6 Å². The van der Waals surface area contributed by atoms with Crippen LogP contribution in [0.1, 0.15) is 5.56 Å². The molecule has 0 bridgehead atoms. The van der Waals surface area contributed by atoms with Crippen LogP contribution in [0, 0.1) is 0 Å². The lowest BCUT2D eigenvalue weighted by Gasteiger charge is -2.23. The van der Waals surface area contributed by atoms with Crippen molar-refractivity contribution in [3.05, 3.63) is 23.8 Å². The fourth-order valence-corrected chi connectivity index (χ4v) is 1.69. The highest BCUT2D eigenvalue weighted by Gasteiger charge is 2.34. The second kappa shape index (κ2) is 5.62. The van der Waals surface area contributed by atoms with Crippen LogP contribution in [0.3, 0.4) is 0 Å². The zero-order valence-electron chi connectivity index (χ0n) is 10.5. The van der Waals surface area contributed by atoms with E-state index in [1.165, 1.54) is 19.4 Å². The lowest BCUT2D eigenvalue weighted by Crippen LogP contribution is -2.52. The molecule has 0 unspecified atom stereocenters. The summed E-state index contributed by atoms with van der Waals surface area (Å²) in [4.78, 5) is 22.6. The molecule has 2 rings (SSSR count). The maximum Gasteiger partial charge on any atom is 0.478 e. The first-order valence-electron chi connectivity index (χ1n) is 5.60. The van der Waals surface area contributed by atoms with Crippen LogP contribution in [0.5, 0.6) is 5.75 Å². The van der Waals surface area contributed by atoms with Gasteiger partial charge in [0.15, 0.2) is 6.61 Å². The summed E-state index contributed by atoms with van der Waals surface area (Å²) in [6, 6.07) is 4.60. The average molecular weight is 278 g/mol. The maximum atomic E-state index is 11.4. The molecule has 9 heteroatoms. The van der Waals surface area contributed by atoms with Gasteiger partial charge in [0.2, 0.25) is 0 Å². The smallest absolute Gasteiger partial charge is 0.478 e. The van der Waals surface area contributed by atoms with E-state index < -0.39 is 25.7 Å². The molecule has 0 fully saturated rings. The number of carboxylic acids is 1. The van der Waals surface area contributed by atoms with Gasteiger partial charge in [0, 0.05) is 0 Å². The van der Waals surface area contributed by atoms with Gasteiger partial charge in [0.1, 0.15) is 5.75 Å². The first-order valence-corrected chi connectivity index (χ1v) is 5.60. The number of hydrogen-bond acceptors (Lipinski definition) is 6. The molecule has 1 amide bonds. The Hall–Kier alpha value is -2.55. The monoisotopic (exact) mass is 278 g/mol. The van der Waals surface area contributed by atoms with Crippen LogP contribution >= 0.6 is 0 Å². The molecule has 1 aromatic rings. The number of hydrogen-bond donors (Lipinski definition) is 2. The van der Waals surface area contributed by atoms with Crippen molar-refractivity contribution in [2.45, 2.75) is 0 Å². The number of benzene rings is 1. The highest BCUT2D eigenvalue weighted by molar-refractivity contribution is 6.67. The minimum atomic E-state index is -1.32. The number of nitrogens with zero attached hydrogens (tertiary/aromatic N) is 2. The van der Waals surface area contributed by atoms with E-state index in [4.69, 9.17) is 9.84 Å². The largest absolute Gasteiger partial charge is 0.482 e. The van der Waals surface area contributed by atoms with Gasteiger partial charge in [-0.1, -0.05) is 6.07 Å². The Kier molecular flexibility index (Phi) is 3.90. The van der Waals surface area contributed by atoms with Crippen LogP contribution in [-0.2, 0) is 9.53 Å². The standard InChI is InChI=1S/C11H11BN2O6/c1-19-11(17)14-12(18)9-4-8(20-6-10(15)16)3-2-7(9)5-13-14/h2-5,18H,6H2,1H3,(H,15,16). The molecule has 1 aromatic carbocycles. The Morgan fingerprint density at radius 2 is 2.20 bits per heavy atom. The molecule has 0 saturated carbocycles. The number of carboxylic acid groups (broad SMARTS) is 1. The number of methoxy groups -OCH3 is 1.